The standard InChI is InChI=1S/C15H17N3O/c1-11-10-13(7-9-17-11)18-15(19)14-5-3-2-4-12(14)6-8-16/h2-5,7,9-10H,6,8,16H2,1H3,(H,17,18,19). The normalized spacial score (nSPS) is 10.2. The number of aryl methyl sites for hydroxylation is 1. The van der Waals surface area contributed by atoms with Crippen LogP contribution in [-0.2, 0) is 6.42 Å². The van der Waals surface area contributed by atoms with E-state index >= 15 is 0 Å². The fourth-order valence-corrected chi connectivity index (χ4v) is 1.94. The third kappa shape index (κ3) is 3.39. The van der Waals surface area contributed by atoms with Crippen molar-refractivity contribution in [3.05, 3.63) is 59.4 Å². The first-order valence-electron chi connectivity index (χ1n) is 6.22. The lowest BCUT2D eigenvalue weighted by Gasteiger charge is -2.09. The topological polar surface area (TPSA) is 68.0 Å². The number of benzene rings is 1. The summed E-state index contributed by atoms with van der Waals surface area (Å²) >= 11 is 0. The van der Waals surface area contributed by atoms with E-state index in [1.807, 2.05) is 37.3 Å². The van der Waals surface area contributed by atoms with Crippen LogP contribution in [0.25, 0.3) is 0 Å². The van der Waals surface area contributed by atoms with Crippen LogP contribution in [0.1, 0.15) is 21.6 Å². The molecular formula is C15H17N3O. The second-order valence-electron chi connectivity index (χ2n) is 4.34. The molecule has 19 heavy (non-hydrogen) atoms. The first-order chi connectivity index (χ1) is 9.20. The van der Waals surface area contributed by atoms with Crippen LogP contribution in [0, 0.1) is 6.92 Å². The summed E-state index contributed by atoms with van der Waals surface area (Å²) in [5.74, 6) is -0.116. The highest BCUT2D eigenvalue weighted by Gasteiger charge is 2.10. The van der Waals surface area contributed by atoms with Crippen LogP contribution in [-0.4, -0.2) is 17.4 Å². The van der Waals surface area contributed by atoms with Crippen LogP contribution in [0.15, 0.2) is 42.6 Å². The van der Waals surface area contributed by atoms with Crippen LogP contribution in [0.4, 0.5) is 5.69 Å². The molecule has 98 valence electrons. The Morgan fingerprint density at radius 1 is 1.32 bits per heavy atom. The average molecular weight is 255 g/mol. The predicted molar refractivity (Wildman–Crippen MR) is 76.1 cm³/mol. The van der Waals surface area contributed by atoms with Gasteiger partial charge in [0, 0.05) is 23.1 Å². The van der Waals surface area contributed by atoms with Gasteiger partial charge in [0.15, 0.2) is 0 Å². The number of anilines is 1. The molecule has 2 aromatic rings. The van der Waals surface area contributed by atoms with Crippen molar-refractivity contribution in [2.24, 2.45) is 5.73 Å². The molecule has 1 aromatic carbocycles. The first-order valence-corrected chi connectivity index (χ1v) is 6.22. The second kappa shape index (κ2) is 6.11. The number of nitrogens with two attached hydrogens (primary N) is 1. The Morgan fingerprint density at radius 3 is 2.84 bits per heavy atom. The van der Waals surface area contributed by atoms with Gasteiger partial charge in [0.05, 0.1) is 0 Å². The van der Waals surface area contributed by atoms with Crippen molar-refractivity contribution in [1.82, 2.24) is 4.98 Å². The van der Waals surface area contributed by atoms with Gasteiger partial charge < -0.3 is 11.1 Å². The summed E-state index contributed by atoms with van der Waals surface area (Å²) in [6.07, 6.45) is 2.37. The van der Waals surface area contributed by atoms with Crippen molar-refractivity contribution in [3.8, 4) is 0 Å². The summed E-state index contributed by atoms with van der Waals surface area (Å²) in [7, 11) is 0. The Kier molecular flexibility index (Phi) is 4.26. The number of nitrogens with one attached hydrogen (secondary N) is 1. The van der Waals surface area contributed by atoms with Gasteiger partial charge in [-0.2, -0.15) is 0 Å². The van der Waals surface area contributed by atoms with Crippen LogP contribution in [0.5, 0.6) is 0 Å². The van der Waals surface area contributed by atoms with Gasteiger partial charge >= 0.3 is 0 Å². The molecule has 4 heteroatoms. The maximum Gasteiger partial charge on any atom is 0.255 e. The van der Waals surface area contributed by atoms with Gasteiger partial charge in [-0.25, -0.2) is 0 Å². The number of carbonyl (C=O) groups excluding carboxylic acids is 1. The summed E-state index contributed by atoms with van der Waals surface area (Å²) < 4.78 is 0. The van der Waals surface area contributed by atoms with Crippen molar-refractivity contribution in [2.45, 2.75) is 13.3 Å². The van der Waals surface area contributed by atoms with Crippen molar-refractivity contribution in [3.63, 3.8) is 0 Å². The van der Waals surface area contributed by atoms with E-state index in [4.69, 9.17) is 5.73 Å². The molecule has 1 heterocycles. The first kappa shape index (κ1) is 13.2. The molecule has 0 fully saturated rings. The van der Waals surface area contributed by atoms with E-state index in [1.165, 1.54) is 0 Å². The maximum atomic E-state index is 12.2. The maximum absolute atomic E-state index is 12.2. The van der Waals surface area contributed by atoms with Crippen LogP contribution < -0.4 is 11.1 Å². The molecule has 0 spiro atoms. The van der Waals surface area contributed by atoms with E-state index in [1.54, 1.807) is 12.3 Å². The number of hydrogen-bond acceptors (Lipinski definition) is 3. The fourth-order valence-electron chi connectivity index (χ4n) is 1.94. The third-order valence-electron chi connectivity index (χ3n) is 2.83. The van der Waals surface area contributed by atoms with E-state index < -0.39 is 0 Å². The number of nitrogens with zero attached hydrogens (tertiary/aromatic N) is 1. The number of pyridine rings is 1. The zero-order valence-corrected chi connectivity index (χ0v) is 10.9. The van der Waals surface area contributed by atoms with E-state index in [0.717, 1.165) is 16.9 Å². The summed E-state index contributed by atoms with van der Waals surface area (Å²) in [6, 6.07) is 11.1. The number of carbonyl (C=O) groups is 1. The molecule has 0 aliphatic heterocycles. The molecule has 0 saturated heterocycles. The van der Waals surface area contributed by atoms with E-state index in [2.05, 4.69) is 10.3 Å². The number of amides is 1. The van der Waals surface area contributed by atoms with Crippen LogP contribution >= 0.6 is 0 Å². The highest BCUT2D eigenvalue weighted by molar-refractivity contribution is 6.05. The van der Waals surface area contributed by atoms with Gasteiger partial charge in [-0.1, -0.05) is 18.2 Å². The number of hydrogen-bond donors (Lipinski definition) is 2. The lowest BCUT2D eigenvalue weighted by molar-refractivity contribution is 0.102. The molecule has 0 saturated carbocycles. The molecule has 3 N–H and O–H groups in total. The molecule has 1 aromatic heterocycles. The van der Waals surface area contributed by atoms with Crippen molar-refractivity contribution in [2.75, 3.05) is 11.9 Å². The van der Waals surface area contributed by atoms with E-state index in [-0.39, 0.29) is 5.91 Å². The van der Waals surface area contributed by atoms with Crippen molar-refractivity contribution in [1.29, 1.82) is 0 Å². The Morgan fingerprint density at radius 2 is 2.11 bits per heavy atom. The molecule has 0 aliphatic carbocycles. The smallest absolute Gasteiger partial charge is 0.255 e. The largest absolute Gasteiger partial charge is 0.330 e. The molecule has 0 bridgehead atoms. The summed E-state index contributed by atoms with van der Waals surface area (Å²) in [5, 5.41) is 2.88. The molecule has 1 amide bonds. The Balaban J connectivity index is 2.20. The quantitative estimate of drug-likeness (QED) is 0.879. The number of aromatic nitrogens is 1. The van der Waals surface area contributed by atoms with Gasteiger partial charge in [0.2, 0.25) is 0 Å². The summed E-state index contributed by atoms with van der Waals surface area (Å²) in [4.78, 5) is 16.3. The second-order valence-corrected chi connectivity index (χ2v) is 4.34. The molecule has 0 atom stereocenters. The molecule has 2 rings (SSSR count). The monoisotopic (exact) mass is 255 g/mol. The minimum absolute atomic E-state index is 0.116. The molecule has 0 unspecified atom stereocenters. The third-order valence-corrected chi connectivity index (χ3v) is 2.83. The minimum Gasteiger partial charge on any atom is -0.330 e. The Labute approximate surface area is 112 Å². The molecule has 0 aliphatic rings. The highest BCUT2D eigenvalue weighted by Crippen LogP contribution is 2.13. The van der Waals surface area contributed by atoms with Crippen LogP contribution in [0.3, 0.4) is 0 Å². The molecule has 4 nitrogen and oxygen atoms in total. The Hall–Kier alpha value is -2.20. The highest BCUT2D eigenvalue weighted by atomic mass is 16.1. The summed E-state index contributed by atoms with van der Waals surface area (Å²) in [6.45, 7) is 2.41. The van der Waals surface area contributed by atoms with Gasteiger partial charge in [-0.3, -0.25) is 9.78 Å². The average Bonchev–Trinajstić information content (AvgIpc) is 2.39. The zero-order valence-electron chi connectivity index (χ0n) is 10.9. The predicted octanol–water partition coefficient (Wildman–Crippen LogP) is 2.14. The van der Waals surface area contributed by atoms with E-state index in [9.17, 15) is 4.79 Å². The summed E-state index contributed by atoms with van der Waals surface area (Å²) in [5.41, 5.74) is 8.82. The van der Waals surface area contributed by atoms with Gasteiger partial charge in [0.1, 0.15) is 0 Å². The Bertz CT molecular complexity index is 581. The fraction of sp³-hybridized carbons (Fsp3) is 0.200. The lowest BCUT2D eigenvalue weighted by atomic mass is 10.0. The molecule has 0 radical (unpaired) electrons. The van der Waals surface area contributed by atoms with Crippen molar-refractivity contribution < 1.29 is 4.79 Å². The lowest BCUT2D eigenvalue weighted by Crippen LogP contribution is -2.16. The molecular weight excluding hydrogens is 238 g/mol. The van der Waals surface area contributed by atoms with Gasteiger partial charge in [0.25, 0.3) is 5.91 Å². The van der Waals surface area contributed by atoms with Gasteiger partial charge in [-0.05, 0) is 43.7 Å². The van der Waals surface area contributed by atoms with Crippen LogP contribution in [0.2, 0.25) is 0 Å². The SMILES string of the molecule is Cc1cc(NC(=O)c2ccccc2CCN)ccn1. The minimum atomic E-state index is -0.116. The number of rotatable bonds is 4. The van der Waals surface area contributed by atoms with Gasteiger partial charge in [-0.15, -0.1) is 0 Å². The van der Waals surface area contributed by atoms with Crippen molar-refractivity contribution >= 4 is 11.6 Å². The van der Waals surface area contributed by atoms with E-state index in [0.29, 0.717) is 18.5 Å². The zero-order chi connectivity index (χ0) is 13.7.